The van der Waals surface area contributed by atoms with E-state index in [4.69, 9.17) is 4.74 Å². The van der Waals surface area contributed by atoms with E-state index < -0.39 is 0 Å². The van der Waals surface area contributed by atoms with E-state index in [1.807, 2.05) is 0 Å². The highest BCUT2D eigenvalue weighted by atomic mass is 16.5. The molecular weight excluding hydrogens is 300 g/mol. The molecule has 3 aliphatic carbocycles. The van der Waals surface area contributed by atoms with Crippen LogP contribution in [-0.2, 0) is 9.53 Å². The Morgan fingerprint density at radius 2 is 2.04 bits per heavy atom. The van der Waals surface area contributed by atoms with Gasteiger partial charge in [-0.2, -0.15) is 0 Å². The van der Waals surface area contributed by atoms with Crippen LogP contribution in [-0.4, -0.2) is 23.3 Å². The second-order valence-electron chi connectivity index (χ2n) is 8.97. The SMILES string of the molecule is CC(=O)O[C@@H](C)[C@@]1(C)CC[C@H]2[C@H](C1C)[C@H](C)C=C1C[C@H](O)CC[C@@H]12. The summed E-state index contributed by atoms with van der Waals surface area (Å²) in [6.07, 6.45) is 7.63. The highest BCUT2D eigenvalue weighted by Crippen LogP contribution is 2.58. The highest BCUT2D eigenvalue weighted by Gasteiger charge is 2.53. The summed E-state index contributed by atoms with van der Waals surface area (Å²) in [5.41, 5.74) is 1.58. The zero-order valence-corrected chi connectivity index (χ0v) is 15.9. The molecule has 0 aliphatic heterocycles. The molecule has 3 rings (SSSR count). The Labute approximate surface area is 146 Å². The molecule has 24 heavy (non-hydrogen) atoms. The minimum Gasteiger partial charge on any atom is -0.462 e. The van der Waals surface area contributed by atoms with Crippen LogP contribution in [0.25, 0.3) is 0 Å². The molecule has 0 bridgehead atoms. The average molecular weight is 335 g/mol. The predicted molar refractivity (Wildman–Crippen MR) is 95.3 cm³/mol. The lowest BCUT2D eigenvalue weighted by molar-refractivity contribution is -0.161. The van der Waals surface area contributed by atoms with Crippen molar-refractivity contribution in [2.24, 2.45) is 35.0 Å². The van der Waals surface area contributed by atoms with Crippen molar-refractivity contribution in [2.45, 2.75) is 78.9 Å². The summed E-state index contributed by atoms with van der Waals surface area (Å²) >= 11 is 0. The van der Waals surface area contributed by atoms with Crippen molar-refractivity contribution in [3.63, 3.8) is 0 Å². The number of aliphatic hydroxyl groups excluding tert-OH is 1. The summed E-state index contributed by atoms with van der Waals surface area (Å²) in [5.74, 6) is 2.98. The highest BCUT2D eigenvalue weighted by molar-refractivity contribution is 5.66. The number of ether oxygens (including phenoxy) is 1. The van der Waals surface area contributed by atoms with Crippen LogP contribution in [0.1, 0.15) is 66.7 Å². The van der Waals surface area contributed by atoms with E-state index in [1.165, 1.54) is 18.9 Å². The standard InChI is InChI=1S/C21H34O3/c1-12-10-16-11-17(23)6-7-18(16)19-8-9-21(5,13(2)20(12)19)14(3)24-15(4)22/h10,12-14,17-20,23H,6-9,11H2,1-5H3/t12-,13?,14+,17-,18+,19-,20+,21+/m1/s1. The number of hydrogen-bond donors (Lipinski definition) is 1. The summed E-state index contributed by atoms with van der Waals surface area (Å²) in [6.45, 7) is 10.6. The Morgan fingerprint density at radius 1 is 1.33 bits per heavy atom. The third-order valence-electron chi connectivity index (χ3n) is 7.76. The number of allylic oxidation sites excluding steroid dienone is 1. The van der Waals surface area contributed by atoms with Gasteiger partial charge in [-0.15, -0.1) is 0 Å². The molecule has 8 atom stereocenters. The van der Waals surface area contributed by atoms with Crippen molar-refractivity contribution in [3.05, 3.63) is 11.6 Å². The smallest absolute Gasteiger partial charge is 0.302 e. The summed E-state index contributed by atoms with van der Waals surface area (Å²) < 4.78 is 5.61. The molecule has 2 saturated carbocycles. The molecule has 3 heteroatoms. The molecule has 1 unspecified atom stereocenters. The van der Waals surface area contributed by atoms with Gasteiger partial charge in [0.15, 0.2) is 0 Å². The van der Waals surface area contributed by atoms with Gasteiger partial charge in [-0.25, -0.2) is 0 Å². The molecule has 0 aromatic carbocycles. The van der Waals surface area contributed by atoms with E-state index in [0.717, 1.165) is 31.6 Å². The van der Waals surface area contributed by atoms with Crippen molar-refractivity contribution >= 4 is 5.97 Å². The van der Waals surface area contributed by atoms with Crippen LogP contribution in [0.2, 0.25) is 0 Å². The molecule has 0 radical (unpaired) electrons. The third kappa shape index (κ3) is 2.94. The maximum Gasteiger partial charge on any atom is 0.302 e. The number of rotatable bonds is 2. The summed E-state index contributed by atoms with van der Waals surface area (Å²) in [5, 5.41) is 10.0. The molecule has 0 saturated heterocycles. The minimum atomic E-state index is -0.168. The van der Waals surface area contributed by atoms with E-state index in [0.29, 0.717) is 23.7 Å². The van der Waals surface area contributed by atoms with Gasteiger partial charge < -0.3 is 9.84 Å². The van der Waals surface area contributed by atoms with Gasteiger partial charge in [-0.1, -0.05) is 32.4 Å². The fourth-order valence-electron chi connectivity index (χ4n) is 6.19. The first-order chi connectivity index (χ1) is 11.2. The van der Waals surface area contributed by atoms with Crippen molar-refractivity contribution in [1.82, 2.24) is 0 Å². The first-order valence-corrected chi connectivity index (χ1v) is 9.80. The fourth-order valence-corrected chi connectivity index (χ4v) is 6.19. The summed E-state index contributed by atoms with van der Waals surface area (Å²) in [7, 11) is 0. The first kappa shape index (κ1) is 18.0. The van der Waals surface area contributed by atoms with Crippen molar-refractivity contribution in [3.8, 4) is 0 Å². The molecule has 0 amide bonds. The van der Waals surface area contributed by atoms with E-state index in [9.17, 15) is 9.90 Å². The van der Waals surface area contributed by atoms with Crippen LogP contribution >= 0.6 is 0 Å². The average Bonchev–Trinajstić information content (AvgIpc) is 2.49. The Morgan fingerprint density at radius 3 is 2.71 bits per heavy atom. The normalized spacial score (nSPS) is 46.3. The molecule has 0 spiro atoms. The second kappa shape index (κ2) is 6.48. The molecule has 2 fully saturated rings. The number of aliphatic hydroxyl groups is 1. The van der Waals surface area contributed by atoms with Gasteiger partial charge in [-0.05, 0) is 68.6 Å². The largest absolute Gasteiger partial charge is 0.462 e. The van der Waals surface area contributed by atoms with Gasteiger partial charge in [0.25, 0.3) is 0 Å². The topological polar surface area (TPSA) is 46.5 Å². The Kier molecular flexibility index (Phi) is 4.85. The summed E-state index contributed by atoms with van der Waals surface area (Å²) in [6, 6.07) is 0. The molecule has 3 nitrogen and oxygen atoms in total. The number of hydrogen-bond acceptors (Lipinski definition) is 3. The maximum absolute atomic E-state index is 11.5. The van der Waals surface area contributed by atoms with Gasteiger partial charge in [0, 0.05) is 12.3 Å². The fraction of sp³-hybridized carbons (Fsp3) is 0.857. The zero-order valence-electron chi connectivity index (χ0n) is 15.9. The van der Waals surface area contributed by atoms with Crippen molar-refractivity contribution < 1.29 is 14.6 Å². The van der Waals surface area contributed by atoms with Gasteiger partial charge in [-0.3, -0.25) is 4.79 Å². The molecule has 0 aromatic heterocycles. The van der Waals surface area contributed by atoms with Gasteiger partial charge >= 0.3 is 5.97 Å². The molecule has 0 aromatic rings. The predicted octanol–water partition coefficient (Wildman–Crippen LogP) is 4.34. The monoisotopic (exact) mass is 334 g/mol. The molecular formula is C21H34O3. The van der Waals surface area contributed by atoms with Crippen LogP contribution in [0.4, 0.5) is 0 Å². The Balaban J connectivity index is 1.85. The number of esters is 1. The number of fused-ring (bicyclic) bond motifs is 3. The Hall–Kier alpha value is -0.830. The van der Waals surface area contributed by atoms with E-state index in [2.05, 4.69) is 33.8 Å². The van der Waals surface area contributed by atoms with E-state index >= 15 is 0 Å². The van der Waals surface area contributed by atoms with Crippen molar-refractivity contribution in [1.29, 1.82) is 0 Å². The van der Waals surface area contributed by atoms with Crippen LogP contribution < -0.4 is 0 Å². The lowest BCUT2D eigenvalue weighted by Gasteiger charge is -2.56. The van der Waals surface area contributed by atoms with Crippen molar-refractivity contribution in [2.75, 3.05) is 0 Å². The zero-order chi connectivity index (χ0) is 17.6. The number of carbonyl (C=O) groups is 1. The lowest BCUT2D eigenvalue weighted by Crippen LogP contribution is -2.52. The first-order valence-electron chi connectivity index (χ1n) is 9.80. The second-order valence-corrected chi connectivity index (χ2v) is 8.97. The van der Waals surface area contributed by atoms with Crippen LogP contribution in [0.15, 0.2) is 11.6 Å². The van der Waals surface area contributed by atoms with E-state index in [-0.39, 0.29) is 23.6 Å². The molecule has 136 valence electrons. The Bertz CT molecular complexity index is 525. The summed E-state index contributed by atoms with van der Waals surface area (Å²) in [4.78, 5) is 11.5. The van der Waals surface area contributed by atoms with Crippen LogP contribution in [0, 0.1) is 35.0 Å². The van der Waals surface area contributed by atoms with Gasteiger partial charge in [0.05, 0.1) is 6.10 Å². The molecule has 0 heterocycles. The van der Waals surface area contributed by atoms with Crippen LogP contribution in [0.3, 0.4) is 0 Å². The number of carbonyl (C=O) groups excluding carboxylic acids is 1. The van der Waals surface area contributed by atoms with Crippen LogP contribution in [0.5, 0.6) is 0 Å². The van der Waals surface area contributed by atoms with E-state index in [1.54, 1.807) is 0 Å². The lowest BCUT2D eigenvalue weighted by atomic mass is 9.49. The minimum absolute atomic E-state index is 0.0308. The molecule has 1 N–H and O–H groups in total. The third-order valence-corrected chi connectivity index (χ3v) is 7.76. The quantitative estimate of drug-likeness (QED) is 0.603. The molecule has 3 aliphatic rings. The van der Waals surface area contributed by atoms with Gasteiger partial charge in [0.2, 0.25) is 0 Å². The van der Waals surface area contributed by atoms with Gasteiger partial charge in [0.1, 0.15) is 6.10 Å². The maximum atomic E-state index is 11.5.